The van der Waals surface area contributed by atoms with E-state index in [0.29, 0.717) is 21.6 Å². The molecule has 0 atom stereocenters. The summed E-state index contributed by atoms with van der Waals surface area (Å²) >= 11 is 4.53. The van der Waals surface area contributed by atoms with E-state index in [1.165, 1.54) is 0 Å². The Morgan fingerprint density at radius 2 is 1.88 bits per heavy atom. The molecule has 4 aromatic rings. The first kappa shape index (κ1) is 21.9. The van der Waals surface area contributed by atoms with E-state index in [-0.39, 0.29) is 23.6 Å². The van der Waals surface area contributed by atoms with E-state index in [1.807, 2.05) is 19.1 Å². The van der Waals surface area contributed by atoms with Gasteiger partial charge in [0.15, 0.2) is 5.69 Å². The van der Waals surface area contributed by atoms with E-state index >= 15 is 0 Å². The van der Waals surface area contributed by atoms with Crippen molar-refractivity contribution < 1.29 is 14.3 Å². The molecule has 4 rings (SSSR count). The van der Waals surface area contributed by atoms with Crippen molar-refractivity contribution in [2.24, 2.45) is 0 Å². The van der Waals surface area contributed by atoms with Crippen molar-refractivity contribution in [1.29, 1.82) is 0 Å². The molecule has 0 fully saturated rings. The van der Waals surface area contributed by atoms with E-state index in [0.717, 1.165) is 26.1 Å². The van der Waals surface area contributed by atoms with Crippen LogP contribution in [0.25, 0.3) is 16.5 Å². The summed E-state index contributed by atoms with van der Waals surface area (Å²) in [7, 11) is 0. The van der Waals surface area contributed by atoms with Gasteiger partial charge in [0.2, 0.25) is 0 Å². The Labute approximate surface area is 195 Å². The normalized spacial score (nSPS) is 10.8. The average Bonchev–Trinajstić information content (AvgIpc) is 3.19. The maximum atomic E-state index is 13.4. The molecule has 9 heteroatoms. The molecule has 0 aliphatic rings. The first-order chi connectivity index (χ1) is 15.4. The van der Waals surface area contributed by atoms with Crippen LogP contribution in [0.1, 0.15) is 33.3 Å². The minimum absolute atomic E-state index is 0.0111. The van der Waals surface area contributed by atoms with Gasteiger partial charge < -0.3 is 10.1 Å². The molecule has 2 aromatic heterocycles. The highest BCUT2D eigenvalue weighted by molar-refractivity contribution is 9.10. The number of carbonyl (C=O) groups excluding carboxylic acids is 2. The van der Waals surface area contributed by atoms with Gasteiger partial charge in [0, 0.05) is 20.8 Å². The van der Waals surface area contributed by atoms with Gasteiger partial charge >= 0.3 is 5.97 Å². The topological polar surface area (TPSA) is 90.3 Å². The van der Waals surface area contributed by atoms with Crippen LogP contribution in [0.2, 0.25) is 0 Å². The van der Waals surface area contributed by atoms with Crippen LogP contribution in [0.4, 0.5) is 5.00 Å². The number of carbonyl (C=O) groups is 2. The lowest BCUT2D eigenvalue weighted by molar-refractivity contribution is 0.0520. The minimum Gasteiger partial charge on any atom is -0.461 e. The second kappa shape index (κ2) is 9.05. The number of nitrogens with one attached hydrogen (secondary N) is 1. The zero-order chi connectivity index (χ0) is 22.8. The van der Waals surface area contributed by atoms with Crippen LogP contribution in [0.5, 0.6) is 0 Å². The molecule has 1 N–H and O–H groups in total. The van der Waals surface area contributed by atoms with Crippen LogP contribution < -0.4 is 10.9 Å². The standard InChI is InChI=1S/C23H18BrN3O4S/c1-3-31-23(30)19-17-12-32-21(25-20(28)16-7-5-4-6-13(16)2)18(17)22(29)27(26-19)15-10-8-14(24)9-11-15/h4-12H,3H2,1-2H3,(H,25,28). The molecule has 32 heavy (non-hydrogen) atoms. The summed E-state index contributed by atoms with van der Waals surface area (Å²) in [4.78, 5) is 38.9. The van der Waals surface area contributed by atoms with Gasteiger partial charge in [-0.15, -0.1) is 11.3 Å². The van der Waals surface area contributed by atoms with Gasteiger partial charge in [0.05, 0.1) is 17.7 Å². The Bertz CT molecular complexity index is 1390. The number of halogens is 1. The lowest BCUT2D eigenvalue weighted by atomic mass is 10.1. The lowest BCUT2D eigenvalue weighted by Crippen LogP contribution is -2.25. The highest BCUT2D eigenvalue weighted by Crippen LogP contribution is 2.31. The fourth-order valence-electron chi connectivity index (χ4n) is 3.25. The van der Waals surface area contributed by atoms with Gasteiger partial charge in [-0.05, 0) is 49.7 Å². The molecule has 0 saturated heterocycles. The third-order valence-corrected chi connectivity index (χ3v) is 6.23. The van der Waals surface area contributed by atoms with Crippen LogP contribution >= 0.6 is 27.3 Å². The third kappa shape index (κ3) is 4.09. The number of amides is 1. The molecule has 7 nitrogen and oxygen atoms in total. The quantitative estimate of drug-likeness (QED) is 0.383. The van der Waals surface area contributed by atoms with Crippen LogP contribution in [0.15, 0.2) is 63.2 Å². The lowest BCUT2D eigenvalue weighted by Gasteiger charge is -2.10. The number of thiophene rings is 1. The summed E-state index contributed by atoms with van der Waals surface area (Å²) in [6, 6.07) is 14.1. The van der Waals surface area contributed by atoms with E-state index in [2.05, 4.69) is 26.3 Å². The molecule has 0 spiro atoms. The van der Waals surface area contributed by atoms with Crippen molar-refractivity contribution in [1.82, 2.24) is 9.78 Å². The highest BCUT2D eigenvalue weighted by atomic mass is 79.9. The number of hydrogen-bond donors (Lipinski definition) is 1. The zero-order valence-corrected chi connectivity index (χ0v) is 19.6. The predicted molar refractivity (Wildman–Crippen MR) is 128 cm³/mol. The maximum Gasteiger partial charge on any atom is 0.359 e. The number of nitrogens with zero attached hydrogens (tertiary/aromatic N) is 2. The van der Waals surface area contributed by atoms with Crippen LogP contribution in [-0.4, -0.2) is 28.3 Å². The molecule has 0 saturated carbocycles. The largest absolute Gasteiger partial charge is 0.461 e. The molecule has 0 radical (unpaired) electrons. The molecular formula is C23H18BrN3O4S. The van der Waals surface area contributed by atoms with Crippen LogP contribution in [-0.2, 0) is 4.74 Å². The van der Waals surface area contributed by atoms with Crippen LogP contribution in [0.3, 0.4) is 0 Å². The summed E-state index contributed by atoms with van der Waals surface area (Å²) < 4.78 is 7.14. The zero-order valence-electron chi connectivity index (χ0n) is 17.2. The second-order valence-electron chi connectivity index (χ2n) is 6.88. The van der Waals surface area contributed by atoms with Gasteiger partial charge in [-0.25, -0.2) is 4.79 Å². The van der Waals surface area contributed by atoms with Crippen LogP contribution in [0, 0.1) is 6.92 Å². The number of esters is 1. The number of aryl methyl sites for hydroxylation is 1. The summed E-state index contributed by atoms with van der Waals surface area (Å²) in [6.45, 7) is 3.70. The first-order valence-electron chi connectivity index (χ1n) is 9.75. The summed E-state index contributed by atoms with van der Waals surface area (Å²) in [5.74, 6) is -0.978. The molecule has 1 amide bonds. The average molecular weight is 512 g/mol. The Kier molecular flexibility index (Phi) is 6.20. The van der Waals surface area contributed by atoms with E-state index in [4.69, 9.17) is 4.74 Å². The molecule has 0 unspecified atom stereocenters. The highest BCUT2D eigenvalue weighted by Gasteiger charge is 2.23. The number of anilines is 1. The Hall–Kier alpha value is -3.30. The van der Waals surface area contributed by atoms with Gasteiger partial charge in [-0.2, -0.15) is 9.78 Å². The number of rotatable bonds is 5. The number of aromatic nitrogens is 2. The van der Waals surface area contributed by atoms with Gasteiger partial charge in [0.1, 0.15) is 5.00 Å². The molecule has 2 heterocycles. The van der Waals surface area contributed by atoms with Crippen molar-refractivity contribution in [3.8, 4) is 5.69 Å². The second-order valence-corrected chi connectivity index (χ2v) is 8.68. The predicted octanol–water partition coefficient (Wildman–Crippen LogP) is 4.95. The van der Waals surface area contributed by atoms with Crippen molar-refractivity contribution >= 4 is 54.9 Å². The van der Waals surface area contributed by atoms with E-state index in [9.17, 15) is 14.4 Å². The van der Waals surface area contributed by atoms with Gasteiger partial charge in [-0.1, -0.05) is 34.1 Å². The molecule has 0 aliphatic carbocycles. The number of hydrogen-bond acceptors (Lipinski definition) is 6. The summed E-state index contributed by atoms with van der Waals surface area (Å²) in [5, 5.41) is 9.64. The van der Waals surface area contributed by atoms with Gasteiger partial charge in [0.25, 0.3) is 11.5 Å². The Morgan fingerprint density at radius 1 is 1.16 bits per heavy atom. The first-order valence-corrected chi connectivity index (χ1v) is 11.4. The number of ether oxygens (including phenoxy) is 1. The maximum absolute atomic E-state index is 13.4. The molecule has 2 aromatic carbocycles. The Balaban J connectivity index is 1.89. The van der Waals surface area contributed by atoms with Crippen molar-refractivity contribution in [2.75, 3.05) is 11.9 Å². The van der Waals surface area contributed by atoms with Crippen molar-refractivity contribution in [2.45, 2.75) is 13.8 Å². The summed E-state index contributed by atoms with van der Waals surface area (Å²) in [6.07, 6.45) is 0. The fraction of sp³-hybridized carbons (Fsp3) is 0.130. The van der Waals surface area contributed by atoms with Crippen molar-refractivity contribution in [3.63, 3.8) is 0 Å². The van der Waals surface area contributed by atoms with E-state index in [1.54, 1.807) is 48.7 Å². The van der Waals surface area contributed by atoms with Crippen molar-refractivity contribution in [3.05, 3.63) is 85.6 Å². The molecule has 0 aliphatic heterocycles. The van der Waals surface area contributed by atoms with Gasteiger partial charge in [-0.3, -0.25) is 9.59 Å². The number of benzene rings is 2. The minimum atomic E-state index is -0.641. The molecule has 0 bridgehead atoms. The molecule has 162 valence electrons. The molecular weight excluding hydrogens is 494 g/mol. The summed E-state index contributed by atoms with van der Waals surface area (Å²) in [5.41, 5.74) is 1.36. The fourth-order valence-corrected chi connectivity index (χ4v) is 4.44. The van der Waals surface area contributed by atoms with E-state index < -0.39 is 11.5 Å². The number of fused-ring (bicyclic) bond motifs is 1. The smallest absolute Gasteiger partial charge is 0.359 e. The monoisotopic (exact) mass is 511 g/mol. The Morgan fingerprint density at radius 3 is 2.56 bits per heavy atom. The third-order valence-electron chi connectivity index (χ3n) is 4.81. The SMILES string of the molecule is CCOC(=O)c1nn(-c2ccc(Br)cc2)c(=O)c2c(NC(=O)c3ccccc3C)scc12.